The molecule has 0 bridgehead atoms. The lowest BCUT2D eigenvalue weighted by atomic mass is 9.81. The van der Waals surface area contributed by atoms with Gasteiger partial charge in [0.2, 0.25) is 0 Å². The van der Waals surface area contributed by atoms with E-state index >= 15 is 0 Å². The Morgan fingerprint density at radius 1 is 0.422 bits per heavy atom. The lowest BCUT2D eigenvalue weighted by molar-refractivity contribution is -0.170. The molecular weight excluding hydrogens is 588 g/mol. The number of ether oxygens (including phenoxy) is 6. The largest absolute Gasteiger partial charge is 0.469 e. The minimum absolute atomic E-state index is 0.107. The van der Waals surface area contributed by atoms with Crippen LogP contribution in [0.15, 0.2) is 0 Å². The average Bonchev–Trinajstić information content (AvgIpc) is 3.10. The maximum absolute atomic E-state index is 13.1. The van der Waals surface area contributed by atoms with Gasteiger partial charge in [-0.05, 0) is 83.5 Å². The summed E-state index contributed by atoms with van der Waals surface area (Å²) >= 11 is 0. The molecule has 0 N–H and O–H groups in total. The van der Waals surface area contributed by atoms with E-state index in [1.54, 1.807) is 0 Å². The van der Waals surface area contributed by atoms with Gasteiger partial charge in [0.1, 0.15) is 19.8 Å². The van der Waals surface area contributed by atoms with Crippen LogP contribution in [-0.2, 0) is 57.2 Å². The molecule has 3 saturated carbocycles. The Bertz CT molecular complexity index is 904. The standard InChI is InChI=1S/C33H50O12/c1-5-33(18-43-30(37)24-12-6-21(7-13-24)27(34)40-2,19-44-31(38)25-14-8-22(9-15-25)28(35)41-3)20-45-32(39)26-16-10-23(11-17-26)29(36)42-4/h21-26H,5-20H2,1-4H3. The third-order valence-electron chi connectivity index (χ3n) is 10.1. The number of hydrogen-bond donors (Lipinski definition) is 0. The number of methoxy groups -OCH3 is 3. The normalized spacial score (nSPS) is 28.0. The van der Waals surface area contributed by atoms with Crippen molar-refractivity contribution in [2.75, 3.05) is 41.2 Å². The number of hydrogen-bond acceptors (Lipinski definition) is 12. The molecule has 0 unspecified atom stereocenters. The average molecular weight is 639 g/mol. The summed E-state index contributed by atoms with van der Waals surface area (Å²) in [4.78, 5) is 74.8. The second-order valence-corrected chi connectivity index (χ2v) is 12.9. The highest BCUT2D eigenvalue weighted by Gasteiger charge is 2.39. The van der Waals surface area contributed by atoms with Gasteiger partial charge in [0, 0.05) is 0 Å². The van der Waals surface area contributed by atoms with Crippen LogP contribution in [0.3, 0.4) is 0 Å². The minimum Gasteiger partial charge on any atom is -0.469 e. The van der Waals surface area contributed by atoms with Crippen molar-refractivity contribution < 1.29 is 57.2 Å². The SMILES string of the molecule is CCC(COC(=O)C1CCC(C(=O)OC)CC1)(COC(=O)C1CCC(C(=O)OC)CC1)COC(=O)C1CCC(C(=O)OC)CC1. The number of rotatable bonds is 13. The summed E-state index contributed by atoms with van der Waals surface area (Å²) in [6.07, 6.45) is 6.66. The molecule has 3 rings (SSSR count). The first-order valence-electron chi connectivity index (χ1n) is 16.3. The minimum atomic E-state index is -0.962. The number of esters is 6. The van der Waals surface area contributed by atoms with Crippen LogP contribution in [0.2, 0.25) is 0 Å². The fourth-order valence-corrected chi connectivity index (χ4v) is 6.65. The van der Waals surface area contributed by atoms with Gasteiger partial charge in [-0.15, -0.1) is 0 Å². The van der Waals surface area contributed by atoms with E-state index in [2.05, 4.69) is 0 Å². The van der Waals surface area contributed by atoms with E-state index in [0.717, 1.165) is 0 Å². The van der Waals surface area contributed by atoms with Gasteiger partial charge in [-0.25, -0.2) is 0 Å². The van der Waals surface area contributed by atoms with Crippen molar-refractivity contribution in [1.29, 1.82) is 0 Å². The molecular formula is C33H50O12. The zero-order valence-electron chi connectivity index (χ0n) is 27.2. The third kappa shape index (κ3) is 10.2. The second-order valence-electron chi connectivity index (χ2n) is 12.9. The molecule has 3 aliphatic rings. The Balaban J connectivity index is 1.60. The van der Waals surface area contributed by atoms with Gasteiger partial charge in [-0.3, -0.25) is 28.8 Å². The van der Waals surface area contributed by atoms with Gasteiger partial charge in [0.15, 0.2) is 0 Å². The number of carbonyl (C=O) groups excluding carboxylic acids is 6. The quantitative estimate of drug-likeness (QED) is 0.212. The first-order valence-corrected chi connectivity index (χ1v) is 16.3. The van der Waals surface area contributed by atoms with Crippen LogP contribution in [0.25, 0.3) is 0 Å². The molecule has 0 amide bonds. The molecule has 0 aromatic rings. The lowest BCUT2D eigenvalue weighted by Crippen LogP contribution is -2.41. The first kappa shape index (κ1) is 36.3. The zero-order chi connectivity index (χ0) is 33.0. The van der Waals surface area contributed by atoms with E-state index in [1.807, 2.05) is 6.92 Å². The molecule has 12 heteroatoms. The summed E-state index contributed by atoms with van der Waals surface area (Å²) in [5.41, 5.74) is -0.962. The van der Waals surface area contributed by atoms with Crippen LogP contribution in [0, 0.1) is 40.9 Å². The van der Waals surface area contributed by atoms with E-state index in [9.17, 15) is 28.8 Å². The molecule has 0 radical (unpaired) electrons. The Morgan fingerprint density at radius 2 is 0.622 bits per heavy atom. The molecule has 0 aliphatic heterocycles. The van der Waals surface area contributed by atoms with Crippen LogP contribution in [0.5, 0.6) is 0 Å². The molecule has 0 atom stereocenters. The second kappa shape index (κ2) is 17.5. The maximum atomic E-state index is 13.1. The summed E-state index contributed by atoms with van der Waals surface area (Å²) in [6.45, 7) is 1.54. The van der Waals surface area contributed by atoms with Crippen molar-refractivity contribution in [2.45, 2.75) is 90.4 Å². The summed E-state index contributed by atoms with van der Waals surface area (Å²) < 4.78 is 31.8. The Kier molecular flexibility index (Phi) is 14.1. The fourth-order valence-electron chi connectivity index (χ4n) is 6.65. The molecule has 0 spiro atoms. The Hall–Kier alpha value is -3.18. The van der Waals surface area contributed by atoms with Crippen LogP contribution in [-0.4, -0.2) is 77.0 Å². The Labute approximate surface area is 265 Å². The van der Waals surface area contributed by atoms with Crippen molar-refractivity contribution in [3.8, 4) is 0 Å². The van der Waals surface area contributed by atoms with Crippen molar-refractivity contribution in [3.05, 3.63) is 0 Å². The molecule has 0 aromatic carbocycles. The molecule has 3 fully saturated rings. The molecule has 3 aliphatic carbocycles. The summed E-state index contributed by atoms with van der Waals surface area (Å²) in [5, 5.41) is 0. The van der Waals surface area contributed by atoms with Gasteiger partial charge in [0.25, 0.3) is 0 Å². The van der Waals surface area contributed by atoms with Crippen molar-refractivity contribution in [3.63, 3.8) is 0 Å². The summed E-state index contributed by atoms with van der Waals surface area (Å²) in [7, 11) is 4.06. The lowest BCUT2D eigenvalue weighted by Gasteiger charge is -2.34. The molecule has 45 heavy (non-hydrogen) atoms. The Morgan fingerprint density at radius 3 is 0.800 bits per heavy atom. The van der Waals surface area contributed by atoms with Gasteiger partial charge in [-0.2, -0.15) is 0 Å². The molecule has 0 saturated heterocycles. The predicted molar refractivity (Wildman–Crippen MR) is 158 cm³/mol. The highest BCUT2D eigenvalue weighted by atomic mass is 16.6. The summed E-state index contributed by atoms with van der Waals surface area (Å²) in [6, 6.07) is 0. The number of carbonyl (C=O) groups is 6. The van der Waals surface area contributed by atoms with Crippen LogP contribution < -0.4 is 0 Å². The molecule has 0 aromatic heterocycles. The van der Waals surface area contributed by atoms with Crippen LogP contribution in [0.1, 0.15) is 90.4 Å². The fraction of sp³-hybridized carbons (Fsp3) is 0.818. The van der Waals surface area contributed by atoms with E-state index < -0.39 is 23.3 Å². The van der Waals surface area contributed by atoms with Crippen LogP contribution >= 0.6 is 0 Å². The maximum Gasteiger partial charge on any atom is 0.308 e. The van der Waals surface area contributed by atoms with Crippen molar-refractivity contribution in [1.82, 2.24) is 0 Å². The van der Waals surface area contributed by atoms with E-state index in [-0.39, 0.29) is 73.2 Å². The third-order valence-corrected chi connectivity index (χ3v) is 10.1. The monoisotopic (exact) mass is 638 g/mol. The topological polar surface area (TPSA) is 158 Å². The smallest absolute Gasteiger partial charge is 0.308 e. The molecule has 0 heterocycles. The van der Waals surface area contributed by atoms with Crippen molar-refractivity contribution >= 4 is 35.8 Å². The molecule has 12 nitrogen and oxygen atoms in total. The summed E-state index contributed by atoms with van der Waals surface area (Å²) in [5.74, 6) is -3.74. The highest BCUT2D eigenvalue weighted by molar-refractivity contribution is 5.76. The first-order chi connectivity index (χ1) is 21.6. The van der Waals surface area contributed by atoms with Gasteiger partial charge in [0.05, 0.1) is 62.3 Å². The van der Waals surface area contributed by atoms with Crippen molar-refractivity contribution in [2.24, 2.45) is 40.9 Å². The predicted octanol–water partition coefficient (Wildman–Crippen LogP) is 3.95. The highest BCUT2D eigenvalue weighted by Crippen LogP contribution is 2.35. The van der Waals surface area contributed by atoms with Gasteiger partial charge in [-0.1, -0.05) is 6.92 Å². The van der Waals surface area contributed by atoms with Gasteiger partial charge >= 0.3 is 35.8 Å². The molecule has 254 valence electrons. The van der Waals surface area contributed by atoms with Crippen LogP contribution in [0.4, 0.5) is 0 Å². The van der Waals surface area contributed by atoms with E-state index in [1.165, 1.54) is 21.3 Å². The van der Waals surface area contributed by atoms with Gasteiger partial charge < -0.3 is 28.4 Å². The van der Waals surface area contributed by atoms with E-state index in [4.69, 9.17) is 28.4 Å². The van der Waals surface area contributed by atoms with E-state index in [0.29, 0.717) is 83.5 Å². The zero-order valence-corrected chi connectivity index (χ0v) is 27.2.